The molecular formula is C24H25N7O4. The van der Waals surface area contributed by atoms with Crippen LogP contribution in [0.15, 0.2) is 24.3 Å². The average Bonchev–Trinajstić information content (AvgIpc) is 3.46. The molecule has 35 heavy (non-hydrogen) atoms. The summed E-state index contributed by atoms with van der Waals surface area (Å²) in [7, 11) is 0. The van der Waals surface area contributed by atoms with E-state index in [1.165, 1.54) is 0 Å². The second-order valence-corrected chi connectivity index (χ2v) is 9.28. The van der Waals surface area contributed by atoms with Gasteiger partial charge in [-0.25, -0.2) is 0 Å². The molecule has 4 amide bonds. The number of anilines is 1. The van der Waals surface area contributed by atoms with Gasteiger partial charge >= 0.3 is 0 Å². The first-order chi connectivity index (χ1) is 16.8. The summed E-state index contributed by atoms with van der Waals surface area (Å²) < 4.78 is 1.65. The molecule has 1 aromatic heterocycles. The Balaban J connectivity index is 1.36. The van der Waals surface area contributed by atoms with Gasteiger partial charge in [-0.1, -0.05) is 0 Å². The van der Waals surface area contributed by atoms with Gasteiger partial charge in [-0.15, -0.1) is 0 Å². The molecule has 1 unspecified atom stereocenters. The van der Waals surface area contributed by atoms with Crippen molar-refractivity contribution >= 4 is 29.3 Å². The van der Waals surface area contributed by atoms with Crippen molar-refractivity contribution in [3.05, 3.63) is 35.5 Å². The van der Waals surface area contributed by atoms with Crippen molar-refractivity contribution in [2.24, 2.45) is 11.8 Å². The summed E-state index contributed by atoms with van der Waals surface area (Å²) in [5.41, 5.74) is 2.40. The second-order valence-electron chi connectivity index (χ2n) is 9.28. The van der Waals surface area contributed by atoms with Crippen LogP contribution in [0.4, 0.5) is 5.69 Å². The number of hydrogen-bond acceptors (Lipinski definition) is 6. The minimum Gasteiger partial charge on any atom is -0.355 e. The maximum atomic E-state index is 13.2. The van der Waals surface area contributed by atoms with E-state index < -0.39 is 5.92 Å². The lowest BCUT2D eigenvalue weighted by Gasteiger charge is -2.32. The van der Waals surface area contributed by atoms with Crippen molar-refractivity contribution in [3.63, 3.8) is 0 Å². The number of benzene rings is 1. The predicted molar refractivity (Wildman–Crippen MR) is 124 cm³/mol. The number of amides is 4. The molecule has 1 saturated carbocycles. The molecule has 3 heterocycles. The fraction of sp³-hybridized carbons (Fsp3) is 0.417. The third-order valence-electron chi connectivity index (χ3n) is 6.57. The molecule has 1 aliphatic carbocycles. The monoisotopic (exact) mass is 475 g/mol. The van der Waals surface area contributed by atoms with Crippen LogP contribution in [0, 0.1) is 23.2 Å². The zero-order valence-electron chi connectivity index (χ0n) is 19.2. The van der Waals surface area contributed by atoms with Crippen LogP contribution in [0.1, 0.15) is 48.3 Å². The Labute approximate surface area is 201 Å². The number of nitrogens with zero attached hydrogens (tertiary/aromatic N) is 4. The van der Waals surface area contributed by atoms with Crippen molar-refractivity contribution in [3.8, 4) is 17.3 Å². The standard InChI is InChI=1S/C24H25N7O4/c1-13-11-30(12-27-22(33)16-7-21(32)26-10-16)24(35)20-8-19(29-31(13)20)17-5-2-14(9-25)6-18(17)28-23(34)15-3-4-15/h2,5-6,8,13,15-16H,3-4,7,10-12H2,1H3,(H,26,32)(H,27,33)(H,28,34)/t13-,16?/m0/s1. The van der Waals surface area contributed by atoms with Crippen LogP contribution in [0.3, 0.4) is 0 Å². The van der Waals surface area contributed by atoms with Gasteiger partial charge in [0.15, 0.2) is 0 Å². The molecule has 0 bridgehead atoms. The van der Waals surface area contributed by atoms with E-state index in [4.69, 9.17) is 0 Å². The summed E-state index contributed by atoms with van der Waals surface area (Å²) in [4.78, 5) is 50.9. The summed E-state index contributed by atoms with van der Waals surface area (Å²) in [6, 6.07) is 8.59. The van der Waals surface area contributed by atoms with E-state index in [0.717, 1.165) is 12.8 Å². The number of nitrogens with one attached hydrogen (secondary N) is 3. The third-order valence-corrected chi connectivity index (χ3v) is 6.57. The highest BCUT2D eigenvalue weighted by molar-refractivity contribution is 5.99. The molecule has 0 radical (unpaired) electrons. The number of carbonyl (C=O) groups excluding carboxylic acids is 4. The lowest BCUT2D eigenvalue weighted by molar-refractivity contribution is -0.127. The summed E-state index contributed by atoms with van der Waals surface area (Å²) in [5.74, 6) is -1.22. The number of carbonyl (C=O) groups is 4. The molecule has 180 valence electrons. The van der Waals surface area contributed by atoms with Crippen LogP contribution in [-0.4, -0.2) is 58.1 Å². The Morgan fingerprint density at radius 3 is 2.69 bits per heavy atom. The highest BCUT2D eigenvalue weighted by atomic mass is 16.2. The Bertz CT molecular complexity index is 1270. The molecule has 11 nitrogen and oxygen atoms in total. The minimum atomic E-state index is -0.433. The van der Waals surface area contributed by atoms with Gasteiger partial charge in [-0.05, 0) is 44.0 Å². The number of hydrogen-bond donors (Lipinski definition) is 3. The van der Waals surface area contributed by atoms with E-state index in [9.17, 15) is 24.4 Å². The van der Waals surface area contributed by atoms with Crippen LogP contribution < -0.4 is 16.0 Å². The topological polar surface area (TPSA) is 149 Å². The molecule has 3 aliphatic rings. The van der Waals surface area contributed by atoms with E-state index >= 15 is 0 Å². The molecule has 5 rings (SSSR count). The Morgan fingerprint density at radius 1 is 1.20 bits per heavy atom. The zero-order valence-corrected chi connectivity index (χ0v) is 19.2. The SMILES string of the molecule is C[C@H]1CN(CNC(=O)C2CNC(=O)C2)C(=O)c2cc(-c3ccc(C#N)cc3NC(=O)C3CC3)nn21. The molecular weight excluding hydrogens is 450 g/mol. The highest BCUT2D eigenvalue weighted by Gasteiger charge is 2.34. The van der Waals surface area contributed by atoms with Gasteiger partial charge < -0.3 is 20.9 Å². The van der Waals surface area contributed by atoms with Crippen LogP contribution in [0.5, 0.6) is 0 Å². The Kier molecular flexibility index (Phi) is 5.72. The van der Waals surface area contributed by atoms with Crippen LogP contribution in [0.25, 0.3) is 11.3 Å². The molecule has 1 saturated heterocycles. The maximum Gasteiger partial charge on any atom is 0.273 e. The smallest absolute Gasteiger partial charge is 0.273 e. The first kappa shape index (κ1) is 22.6. The van der Waals surface area contributed by atoms with E-state index in [-0.39, 0.29) is 48.7 Å². The Morgan fingerprint density at radius 2 is 2.00 bits per heavy atom. The number of aromatic nitrogens is 2. The third kappa shape index (κ3) is 4.47. The molecule has 2 fully saturated rings. The van der Waals surface area contributed by atoms with Gasteiger partial charge in [0.25, 0.3) is 5.91 Å². The molecule has 2 atom stereocenters. The van der Waals surface area contributed by atoms with Gasteiger partial charge in [0.1, 0.15) is 5.69 Å². The molecule has 2 aliphatic heterocycles. The van der Waals surface area contributed by atoms with Gasteiger partial charge in [0.2, 0.25) is 17.7 Å². The van der Waals surface area contributed by atoms with E-state index in [1.807, 2.05) is 6.92 Å². The molecule has 2 aromatic rings. The highest BCUT2D eigenvalue weighted by Crippen LogP contribution is 2.34. The Hall–Kier alpha value is -4.20. The lowest BCUT2D eigenvalue weighted by Crippen LogP contribution is -2.48. The van der Waals surface area contributed by atoms with Gasteiger partial charge in [0.05, 0.1) is 41.6 Å². The molecule has 11 heteroatoms. The van der Waals surface area contributed by atoms with Gasteiger partial charge in [0, 0.05) is 31.0 Å². The van der Waals surface area contributed by atoms with Crippen molar-refractivity contribution in [1.82, 2.24) is 25.3 Å². The normalized spacial score (nSPS) is 21.2. The van der Waals surface area contributed by atoms with Gasteiger partial charge in [-0.3, -0.25) is 23.9 Å². The molecule has 1 aromatic carbocycles. The average molecular weight is 476 g/mol. The molecule has 0 spiro atoms. The van der Waals surface area contributed by atoms with Crippen molar-refractivity contribution in [2.45, 2.75) is 32.2 Å². The van der Waals surface area contributed by atoms with Gasteiger partial charge in [-0.2, -0.15) is 10.4 Å². The van der Waals surface area contributed by atoms with Crippen LogP contribution in [0.2, 0.25) is 0 Å². The summed E-state index contributed by atoms with van der Waals surface area (Å²) in [6.45, 7) is 2.62. The lowest BCUT2D eigenvalue weighted by atomic mass is 10.1. The summed E-state index contributed by atoms with van der Waals surface area (Å²) >= 11 is 0. The quantitative estimate of drug-likeness (QED) is 0.567. The fourth-order valence-corrected chi connectivity index (χ4v) is 4.43. The van der Waals surface area contributed by atoms with Crippen molar-refractivity contribution in [1.29, 1.82) is 5.26 Å². The fourth-order valence-electron chi connectivity index (χ4n) is 4.43. The molecule has 3 N–H and O–H groups in total. The largest absolute Gasteiger partial charge is 0.355 e. The number of fused-ring (bicyclic) bond motifs is 1. The predicted octanol–water partition coefficient (Wildman–Crippen LogP) is 0.997. The van der Waals surface area contributed by atoms with E-state index in [1.54, 1.807) is 33.8 Å². The number of nitriles is 1. The van der Waals surface area contributed by atoms with E-state index in [0.29, 0.717) is 41.3 Å². The zero-order chi connectivity index (χ0) is 24.7. The van der Waals surface area contributed by atoms with Crippen molar-refractivity contribution in [2.75, 3.05) is 25.1 Å². The second kappa shape index (κ2) is 8.87. The van der Waals surface area contributed by atoms with E-state index in [2.05, 4.69) is 27.1 Å². The van der Waals surface area contributed by atoms with Crippen molar-refractivity contribution < 1.29 is 19.2 Å². The summed E-state index contributed by atoms with van der Waals surface area (Å²) in [5, 5.41) is 22.2. The first-order valence-corrected chi connectivity index (χ1v) is 11.6. The minimum absolute atomic E-state index is 0.00713. The number of rotatable bonds is 6. The van der Waals surface area contributed by atoms with Crippen LogP contribution in [-0.2, 0) is 14.4 Å². The van der Waals surface area contributed by atoms with Crippen LogP contribution >= 0.6 is 0 Å². The maximum absolute atomic E-state index is 13.2. The first-order valence-electron chi connectivity index (χ1n) is 11.6. The summed E-state index contributed by atoms with van der Waals surface area (Å²) in [6.07, 6.45) is 1.85.